The third kappa shape index (κ3) is 4.59. The molecular formula is C25H24N2O3S. The number of anilines is 1. The number of cyclic esters (lactones) is 1. The topological polar surface area (TPSA) is 67.4 Å². The van der Waals surface area contributed by atoms with Gasteiger partial charge in [-0.15, -0.1) is 0 Å². The van der Waals surface area contributed by atoms with Crippen LogP contribution >= 0.6 is 11.8 Å². The Labute approximate surface area is 186 Å². The molecule has 5 nitrogen and oxygen atoms in total. The van der Waals surface area contributed by atoms with Crippen LogP contribution in [0.3, 0.4) is 0 Å². The first-order valence-corrected chi connectivity index (χ1v) is 11.0. The van der Waals surface area contributed by atoms with E-state index in [0.717, 1.165) is 22.4 Å². The maximum Gasteiger partial charge on any atom is 0.323 e. The highest BCUT2D eigenvalue weighted by Crippen LogP contribution is 2.49. The van der Waals surface area contributed by atoms with Crippen LogP contribution in [0.1, 0.15) is 29.7 Å². The molecule has 31 heavy (non-hydrogen) atoms. The summed E-state index contributed by atoms with van der Waals surface area (Å²) in [6.07, 6.45) is 0. The number of hydrogen-bond acceptors (Lipinski definition) is 4. The van der Waals surface area contributed by atoms with Crippen LogP contribution in [0, 0.1) is 6.92 Å². The zero-order valence-corrected chi connectivity index (χ0v) is 18.2. The van der Waals surface area contributed by atoms with Crippen LogP contribution in [0.2, 0.25) is 0 Å². The van der Waals surface area contributed by atoms with Gasteiger partial charge in [-0.05, 0) is 31.0 Å². The summed E-state index contributed by atoms with van der Waals surface area (Å²) in [6, 6.07) is 25.8. The van der Waals surface area contributed by atoms with Gasteiger partial charge in [-0.25, -0.2) is 4.79 Å². The van der Waals surface area contributed by atoms with E-state index in [1.807, 2.05) is 98.8 Å². The zero-order chi connectivity index (χ0) is 21.8. The smallest absolute Gasteiger partial charge is 0.323 e. The van der Waals surface area contributed by atoms with Gasteiger partial charge in [0.05, 0.1) is 6.04 Å². The molecule has 1 fully saturated rings. The SMILES string of the molecule is Cc1ccccc1NC(=O)N[C@H](c1ccccc1)C1SC(C)(c2ccccc2)OC1=O. The van der Waals surface area contributed by atoms with Gasteiger partial charge >= 0.3 is 12.0 Å². The number of hydrogen-bond donors (Lipinski definition) is 2. The molecule has 1 aliphatic rings. The molecule has 3 aromatic carbocycles. The first-order chi connectivity index (χ1) is 15.0. The van der Waals surface area contributed by atoms with Gasteiger partial charge in [-0.1, -0.05) is 90.6 Å². The lowest BCUT2D eigenvalue weighted by Gasteiger charge is -2.25. The van der Waals surface area contributed by atoms with Crippen LogP contribution in [0.5, 0.6) is 0 Å². The van der Waals surface area contributed by atoms with Crippen LogP contribution in [0.4, 0.5) is 10.5 Å². The van der Waals surface area contributed by atoms with Crippen molar-refractivity contribution in [3.8, 4) is 0 Å². The van der Waals surface area contributed by atoms with Crippen molar-refractivity contribution < 1.29 is 14.3 Å². The predicted octanol–water partition coefficient (Wildman–Crippen LogP) is 5.39. The van der Waals surface area contributed by atoms with Gasteiger partial charge in [0.25, 0.3) is 0 Å². The Balaban J connectivity index is 1.59. The van der Waals surface area contributed by atoms with E-state index >= 15 is 0 Å². The molecule has 0 bridgehead atoms. The average molecular weight is 433 g/mol. The maximum atomic E-state index is 13.0. The Morgan fingerprint density at radius 1 is 0.968 bits per heavy atom. The molecule has 2 N–H and O–H groups in total. The molecule has 1 aliphatic heterocycles. The molecule has 2 amide bonds. The third-order valence-electron chi connectivity index (χ3n) is 5.32. The normalized spacial score (nSPS) is 21.2. The van der Waals surface area contributed by atoms with E-state index in [4.69, 9.17) is 4.74 Å². The van der Waals surface area contributed by atoms with E-state index in [1.54, 1.807) is 0 Å². The number of benzene rings is 3. The molecule has 0 spiro atoms. The van der Waals surface area contributed by atoms with Crippen molar-refractivity contribution in [1.29, 1.82) is 0 Å². The molecule has 3 aromatic rings. The summed E-state index contributed by atoms with van der Waals surface area (Å²) in [5, 5.41) is 5.30. The number of para-hydroxylation sites is 1. The van der Waals surface area contributed by atoms with Gasteiger partial charge in [0.1, 0.15) is 5.25 Å². The second kappa shape index (κ2) is 8.86. The molecule has 0 saturated carbocycles. The van der Waals surface area contributed by atoms with Gasteiger partial charge in [0.2, 0.25) is 0 Å². The molecule has 0 aliphatic carbocycles. The zero-order valence-electron chi connectivity index (χ0n) is 17.4. The molecule has 6 heteroatoms. The van der Waals surface area contributed by atoms with E-state index in [1.165, 1.54) is 11.8 Å². The van der Waals surface area contributed by atoms with Crippen molar-refractivity contribution in [3.63, 3.8) is 0 Å². The van der Waals surface area contributed by atoms with E-state index in [0.29, 0.717) is 0 Å². The highest BCUT2D eigenvalue weighted by Gasteiger charge is 2.49. The monoisotopic (exact) mass is 432 g/mol. The number of aryl methyl sites for hydroxylation is 1. The Hall–Kier alpha value is -3.25. The minimum absolute atomic E-state index is 0.346. The van der Waals surface area contributed by atoms with E-state index in [9.17, 15) is 9.59 Å². The summed E-state index contributed by atoms with van der Waals surface area (Å²) in [7, 11) is 0. The number of amides is 2. The number of rotatable bonds is 5. The van der Waals surface area contributed by atoms with E-state index < -0.39 is 16.2 Å². The molecular weight excluding hydrogens is 408 g/mol. The highest BCUT2D eigenvalue weighted by molar-refractivity contribution is 8.01. The number of thioether (sulfide) groups is 1. The fraction of sp³-hybridized carbons (Fsp3) is 0.200. The van der Waals surface area contributed by atoms with Crippen molar-refractivity contribution in [3.05, 3.63) is 102 Å². The first kappa shape index (κ1) is 21.0. The van der Waals surface area contributed by atoms with Gasteiger partial charge in [-0.3, -0.25) is 4.79 Å². The Kier molecular flexibility index (Phi) is 6.00. The molecule has 1 heterocycles. The minimum Gasteiger partial charge on any atom is -0.443 e. The van der Waals surface area contributed by atoms with Crippen LogP contribution in [-0.2, 0) is 14.5 Å². The Morgan fingerprint density at radius 2 is 1.58 bits per heavy atom. The Bertz CT molecular complexity index is 1070. The molecule has 3 atom stereocenters. The second-order valence-corrected chi connectivity index (χ2v) is 9.10. The maximum absolute atomic E-state index is 13.0. The number of carbonyl (C=O) groups is 2. The fourth-order valence-electron chi connectivity index (χ4n) is 3.64. The standard InChI is InChI=1S/C25H24N2O3S/c1-17-11-9-10-16-20(17)26-24(29)27-21(18-12-5-3-6-13-18)22-23(28)30-25(2,31-22)19-14-7-4-8-15-19/h3-16,21-22H,1-2H3,(H2,26,27,29)/t21-,22?,25?/m1/s1. The lowest BCUT2D eigenvalue weighted by atomic mass is 10.0. The molecule has 1 saturated heterocycles. The van der Waals surface area contributed by atoms with Crippen molar-refractivity contribution in [2.24, 2.45) is 0 Å². The fourth-order valence-corrected chi connectivity index (χ4v) is 5.04. The number of esters is 1. The molecule has 158 valence electrons. The van der Waals surface area contributed by atoms with E-state index in [2.05, 4.69) is 10.6 Å². The van der Waals surface area contributed by atoms with E-state index in [-0.39, 0.29) is 12.0 Å². The number of urea groups is 1. The summed E-state index contributed by atoms with van der Waals surface area (Å²) in [5.74, 6) is -0.346. The van der Waals surface area contributed by atoms with Crippen molar-refractivity contribution in [1.82, 2.24) is 5.32 Å². The third-order valence-corrected chi connectivity index (χ3v) is 6.81. The van der Waals surface area contributed by atoms with Crippen molar-refractivity contribution in [2.75, 3.05) is 5.32 Å². The number of nitrogens with one attached hydrogen (secondary N) is 2. The molecule has 0 aromatic heterocycles. The number of ether oxygens (including phenoxy) is 1. The summed E-state index contributed by atoms with van der Waals surface area (Å²) in [6.45, 7) is 3.82. The number of carbonyl (C=O) groups excluding carboxylic acids is 2. The predicted molar refractivity (Wildman–Crippen MR) is 124 cm³/mol. The summed E-state index contributed by atoms with van der Waals surface area (Å²) < 4.78 is 5.82. The van der Waals surface area contributed by atoms with Gasteiger partial charge in [0, 0.05) is 11.3 Å². The van der Waals surface area contributed by atoms with Gasteiger partial charge < -0.3 is 15.4 Å². The van der Waals surface area contributed by atoms with Crippen LogP contribution in [0.25, 0.3) is 0 Å². The summed E-state index contributed by atoms with van der Waals surface area (Å²) >= 11 is 1.41. The highest BCUT2D eigenvalue weighted by atomic mass is 32.2. The quantitative estimate of drug-likeness (QED) is 0.531. The van der Waals surface area contributed by atoms with Crippen LogP contribution in [0.15, 0.2) is 84.9 Å². The van der Waals surface area contributed by atoms with Crippen molar-refractivity contribution in [2.45, 2.75) is 30.1 Å². The van der Waals surface area contributed by atoms with Crippen LogP contribution < -0.4 is 10.6 Å². The minimum atomic E-state index is -0.815. The molecule has 4 rings (SSSR count). The average Bonchev–Trinajstić information content (AvgIpc) is 3.10. The molecule has 0 radical (unpaired) electrons. The lowest BCUT2D eigenvalue weighted by molar-refractivity contribution is -0.147. The largest absolute Gasteiger partial charge is 0.443 e. The van der Waals surface area contributed by atoms with Crippen molar-refractivity contribution >= 4 is 29.4 Å². The van der Waals surface area contributed by atoms with Gasteiger partial charge in [0.15, 0.2) is 4.93 Å². The summed E-state index contributed by atoms with van der Waals surface area (Å²) in [5.41, 5.74) is 3.43. The second-order valence-electron chi connectivity index (χ2n) is 7.57. The Morgan fingerprint density at radius 3 is 2.26 bits per heavy atom. The van der Waals surface area contributed by atoms with Crippen LogP contribution in [-0.4, -0.2) is 17.3 Å². The lowest BCUT2D eigenvalue weighted by Crippen LogP contribution is -2.39. The van der Waals surface area contributed by atoms with Gasteiger partial charge in [-0.2, -0.15) is 0 Å². The molecule has 2 unspecified atom stereocenters. The first-order valence-electron chi connectivity index (χ1n) is 10.1. The summed E-state index contributed by atoms with van der Waals surface area (Å²) in [4.78, 5) is 25.0.